The summed E-state index contributed by atoms with van der Waals surface area (Å²) < 4.78 is 5.54. The van der Waals surface area contributed by atoms with Crippen LogP contribution in [0, 0.1) is 0 Å². The molecule has 0 spiro atoms. The van der Waals surface area contributed by atoms with Crippen LogP contribution in [0.25, 0.3) is 10.9 Å². The number of likely N-dealkylation sites (N-methyl/N-ethyl adjacent to an activating group) is 1. The maximum absolute atomic E-state index is 11.9. The topological polar surface area (TPSA) is 46.5 Å². The van der Waals surface area contributed by atoms with Crippen molar-refractivity contribution in [3.63, 3.8) is 0 Å². The summed E-state index contributed by atoms with van der Waals surface area (Å²) in [6.45, 7) is 5.00. The summed E-state index contributed by atoms with van der Waals surface area (Å²) in [5.74, 6) is 0.649. The van der Waals surface area contributed by atoms with Crippen molar-refractivity contribution in [2.75, 3.05) is 20.6 Å². The summed E-state index contributed by atoms with van der Waals surface area (Å²) in [6.07, 6.45) is 2.97. The predicted octanol–water partition coefficient (Wildman–Crippen LogP) is 2.50. The van der Waals surface area contributed by atoms with Crippen molar-refractivity contribution in [3.05, 3.63) is 30.0 Å². The summed E-state index contributed by atoms with van der Waals surface area (Å²) in [5, 5.41) is 0.999. The van der Waals surface area contributed by atoms with E-state index in [1.165, 1.54) is 22.2 Å². The molecule has 0 amide bonds. The molecule has 0 aliphatic carbocycles. The molecule has 2 N–H and O–H groups in total. The van der Waals surface area contributed by atoms with Crippen LogP contribution in [0.3, 0.4) is 0 Å². The Balaban J connectivity index is 2.26. The lowest BCUT2D eigenvalue weighted by atomic mass is 10.1. The largest absolute Gasteiger partial charge is 0.418 e. The molecule has 21 heavy (non-hydrogen) atoms. The first-order valence-electron chi connectivity index (χ1n) is 7.24. The van der Waals surface area contributed by atoms with E-state index in [9.17, 15) is 4.79 Å². The van der Waals surface area contributed by atoms with Gasteiger partial charge in [-0.2, -0.15) is 0 Å². The van der Waals surface area contributed by atoms with Crippen LogP contribution in [0.5, 0.6) is 5.75 Å². The Morgan fingerprint density at radius 3 is 2.81 bits per heavy atom. The number of aromatic amines is 1. The van der Waals surface area contributed by atoms with Gasteiger partial charge in [0, 0.05) is 28.8 Å². The molecule has 0 aliphatic rings. The molecule has 0 fully saturated rings. The van der Waals surface area contributed by atoms with E-state index in [0.29, 0.717) is 5.75 Å². The van der Waals surface area contributed by atoms with E-state index in [-0.39, 0.29) is 10.6 Å². The van der Waals surface area contributed by atoms with Crippen molar-refractivity contribution in [3.8, 4) is 5.75 Å². The Kier molecular flexibility index (Phi) is 5.31. The molecule has 0 atom stereocenters. The lowest BCUT2D eigenvalue weighted by Crippen LogP contribution is -3.05. The Labute approximate surface area is 129 Å². The van der Waals surface area contributed by atoms with Crippen LogP contribution in [0.15, 0.2) is 24.4 Å². The van der Waals surface area contributed by atoms with Gasteiger partial charge in [0.1, 0.15) is 5.75 Å². The molecule has 5 heteroatoms. The zero-order chi connectivity index (χ0) is 15.4. The molecule has 1 heterocycles. The number of hydrogen-bond acceptors (Lipinski definition) is 3. The smallest absolute Gasteiger partial charge is 0.372 e. The first-order chi connectivity index (χ1) is 9.97. The quantitative estimate of drug-likeness (QED) is 0.834. The minimum atomic E-state index is -0.247. The van der Waals surface area contributed by atoms with Crippen molar-refractivity contribution >= 4 is 28.0 Å². The highest BCUT2D eigenvalue weighted by Crippen LogP contribution is 2.30. The molecule has 0 radical (unpaired) electrons. The van der Waals surface area contributed by atoms with Gasteiger partial charge in [0.05, 0.1) is 20.6 Å². The van der Waals surface area contributed by atoms with E-state index >= 15 is 0 Å². The van der Waals surface area contributed by atoms with Crippen LogP contribution < -0.4 is 9.64 Å². The highest BCUT2D eigenvalue weighted by Gasteiger charge is 2.14. The van der Waals surface area contributed by atoms with Gasteiger partial charge in [-0.25, -0.2) is 4.79 Å². The van der Waals surface area contributed by atoms with Crippen LogP contribution in [-0.2, 0) is 6.42 Å². The SMILES string of the molecule is CC(C)SC(=O)Oc1cccc2[nH]cc(CC[NH+](C)C)c12. The van der Waals surface area contributed by atoms with Crippen LogP contribution >= 0.6 is 11.8 Å². The molecule has 0 unspecified atom stereocenters. The fourth-order valence-corrected chi connectivity index (χ4v) is 2.72. The summed E-state index contributed by atoms with van der Waals surface area (Å²) in [5.41, 5.74) is 2.21. The van der Waals surface area contributed by atoms with Crippen LogP contribution in [0.4, 0.5) is 4.79 Å². The van der Waals surface area contributed by atoms with Crippen LogP contribution in [-0.4, -0.2) is 36.2 Å². The van der Waals surface area contributed by atoms with Gasteiger partial charge in [0.15, 0.2) is 0 Å². The maximum atomic E-state index is 11.9. The van der Waals surface area contributed by atoms with Crippen molar-refractivity contribution in [2.24, 2.45) is 0 Å². The number of aromatic nitrogens is 1. The number of quaternary nitrogens is 1. The second-order valence-corrected chi connectivity index (χ2v) is 7.23. The van der Waals surface area contributed by atoms with E-state index in [1.807, 2.05) is 38.2 Å². The summed E-state index contributed by atoms with van der Waals surface area (Å²) in [7, 11) is 4.27. The lowest BCUT2D eigenvalue weighted by molar-refractivity contribution is -0.858. The van der Waals surface area contributed by atoms with Gasteiger partial charge in [-0.3, -0.25) is 0 Å². The third kappa shape index (κ3) is 4.25. The number of H-pyrrole nitrogens is 1. The van der Waals surface area contributed by atoms with E-state index in [0.717, 1.165) is 23.9 Å². The van der Waals surface area contributed by atoms with Crippen molar-refractivity contribution < 1.29 is 14.4 Å². The monoisotopic (exact) mass is 307 g/mol. The van der Waals surface area contributed by atoms with Gasteiger partial charge < -0.3 is 14.6 Å². The molecule has 0 saturated heterocycles. The number of carbonyl (C=O) groups is 1. The predicted molar refractivity (Wildman–Crippen MR) is 88.4 cm³/mol. The average Bonchev–Trinajstić information content (AvgIpc) is 2.79. The second-order valence-electron chi connectivity index (χ2n) is 5.72. The number of hydrogen-bond donors (Lipinski definition) is 2. The van der Waals surface area contributed by atoms with Gasteiger partial charge in [0.2, 0.25) is 0 Å². The Hall–Kier alpha value is -1.46. The highest BCUT2D eigenvalue weighted by molar-refractivity contribution is 8.13. The first kappa shape index (κ1) is 15.9. The molecule has 0 bridgehead atoms. The van der Waals surface area contributed by atoms with E-state index in [4.69, 9.17) is 4.74 Å². The van der Waals surface area contributed by atoms with Crippen molar-refractivity contribution in [2.45, 2.75) is 25.5 Å². The number of fused-ring (bicyclic) bond motifs is 1. The van der Waals surface area contributed by atoms with Crippen molar-refractivity contribution in [1.29, 1.82) is 0 Å². The Morgan fingerprint density at radius 2 is 2.14 bits per heavy atom. The van der Waals surface area contributed by atoms with Crippen LogP contribution in [0.2, 0.25) is 0 Å². The number of rotatable bonds is 5. The number of ether oxygens (including phenoxy) is 1. The minimum absolute atomic E-state index is 0.222. The summed E-state index contributed by atoms with van der Waals surface area (Å²) >= 11 is 1.21. The minimum Gasteiger partial charge on any atom is -0.418 e. The first-order valence-corrected chi connectivity index (χ1v) is 8.12. The molecule has 4 nitrogen and oxygen atoms in total. The number of nitrogens with one attached hydrogen (secondary N) is 2. The molecular formula is C16H23N2O2S+. The van der Waals surface area contributed by atoms with E-state index < -0.39 is 0 Å². The summed E-state index contributed by atoms with van der Waals surface area (Å²) in [4.78, 5) is 16.5. The zero-order valence-corrected chi connectivity index (χ0v) is 13.8. The number of thioether (sulfide) groups is 1. The normalized spacial score (nSPS) is 11.5. The molecule has 1 aromatic carbocycles. The highest BCUT2D eigenvalue weighted by atomic mass is 32.2. The molecule has 114 valence electrons. The van der Waals surface area contributed by atoms with Gasteiger partial charge >= 0.3 is 5.30 Å². The third-order valence-corrected chi connectivity index (χ3v) is 3.92. The molecule has 0 saturated carbocycles. The van der Waals surface area contributed by atoms with Gasteiger partial charge in [-0.05, 0) is 29.5 Å². The average molecular weight is 307 g/mol. The fraction of sp³-hybridized carbons (Fsp3) is 0.438. The number of carbonyl (C=O) groups excluding carboxylic acids is 1. The second kappa shape index (κ2) is 7.00. The molecule has 0 aliphatic heterocycles. The lowest BCUT2D eigenvalue weighted by Gasteiger charge is -2.09. The Bertz CT molecular complexity index is 620. The fourth-order valence-electron chi connectivity index (χ4n) is 2.19. The van der Waals surface area contributed by atoms with Crippen molar-refractivity contribution in [1.82, 2.24) is 4.98 Å². The van der Waals surface area contributed by atoms with E-state index in [1.54, 1.807) is 0 Å². The van der Waals surface area contributed by atoms with Crippen LogP contribution in [0.1, 0.15) is 19.4 Å². The zero-order valence-electron chi connectivity index (χ0n) is 13.0. The molecule has 2 aromatic rings. The standard InChI is InChI=1S/C16H22N2O2S/c1-11(2)21-16(19)20-14-7-5-6-13-15(14)12(10-17-13)8-9-18(3)4/h5-7,10-11,17H,8-9H2,1-4H3/p+1. The molecule has 1 aromatic heterocycles. The molecule has 2 rings (SSSR count). The van der Waals surface area contributed by atoms with Gasteiger partial charge in [-0.1, -0.05) is 19.9 Å². The third-order valence-electron chi connectivity index (χ3n) is 3.17. The summed E-state index contributed by atoms with van der Waals surface area (Å²) in [6, 6.07) is 5.78. The van der Waals surface area contributed by atoms with E-state index in [2.05, 4.69) is 19.1 Å². The van der Waals surface area contributed by atoms with Gasteiger partial charge in [-0.15, -0.1) is 0 Å². The Morgan fingerprint density at radius 1 is 1.38 bits per heavy atom. The maximum Gasteiger partial charge on any atom is 0.372 e. The van der Waals surface area contributed by atoms with Gasteiger partial charge in [0.25, 0.3) is 0 Å². The molecular weight excluding hydrogens is 284 g/mol. The number of benzene rings is 1.